The molecule has 1 heterocycles. The van der Waals surface area contributed by atoms with Gasteiger partial charge in [0, 0.05) is 30.0 Å². The van der Waals surface area contributed by atoms with Crippen molar-refractivity contribution >= 4 is 21.8 Å². The van der Waals surface area contributed by atoms with Crippen LogP contribution in [0.15, 0.2) is 52.3 Å². The van der Waals surface area contributed by atoms with Gasteiger partial charge in [-0.05, 0) is 36.3 Å². The molecule has 0 saturated heterocycles. The molecule has 1 aliphatic rings. The number of nitrogens with zero attached hydrogens (tertiary/aromatic N) is 1. The summed E-state index contributed by atoms with van der Waals surface area (Å²) in [5.41, 5.74) is 1.90. The van der Waals surface area contributed by atoms with Gasteiger partial charge in [0.2, 0.25) is 10.0 Å². The standard InChI is InChI=1S/C21H27NO3S2/c1-4-5-11-16-12-17(15-9-7-6-8-10-15)18-13-20(26-3)19(23)14-21(18)27(24,25)22(16)2/h6-10,13-14,16-17,23H,4-5,11-12H2,1-3H3. The largest absolute Gasteiger partial charge is 0.507 e. The van der Waals surface area contributed by atoms with E-state index in [2.05, 4.69) is 19.1 Å². The van der Waals surface area contributed by atoms with E-state index in [1.165, 1.54) is 22.1 Å². The van der Waals surface area contributed by atoms with Crippen molar-refractivity contribution in [1.82, 2.24) is 4.31 Å². The fraction of sp³-hybridized carbons (Fsp3) is 0.429. The number of unbranched alkanes of at least 4 members (excludes halogenated alkanes) is 1. The predicted octanol–water partition coefficient (Wildman–Crippen LogP) is 4.83. The second kappa shape index (κ2) is 8.25. The highest BCUT2D eigenvalue weighted by Crippen LogP contribution is 2.44. The highest BCUT2D eigenvalue weighted by Gasteiger charge is 2.38. The van der Waals surface area contributed by atoms with Crippen molar-refractivity contribution in [3.8, 4) is 5.75 Å². The quantitative estimate of drug-likeness (QED) is 0.724. The third-order valence-corrected chi connectivity index (χ3v) is 8.19. The van der Waals surface area contributed by atoms with Crippen LogP contribution in [-0.2, 0) is 10.0 Å². The number of thioether (sulfide) groups is 1. The van der Waals surface area contributed by atoms with Crippen molar-refractivity contribution < 1.29 is 13.5 Å². The smallest absolute Gasteiger partial charge is 0.243 e. The normalized spacial score (nSPS) is 22.2. The fourth-order valence-corrected chi connectivity index (χ4v) is 6.03. The van der Waals surface area contributed by atoms with Crippen molar-refractivity contribution in [3.05, 3.63) is 53.6 Å². The van der Waals surface area contributed by atoms with Crippen LogP contribution in [0.25, 0.3) is 0 Å². The van der Waals surface area contributed by atoms with E-state index in [0.717, 1.165) is 36.8 Å². The summed E-state index contributed by atoms with van der Waals surface area (Å²) in [5.74, 6) is 0.00586. The number of hydrogen-bond donors (Lipinski definition) is 1. The third-order valence-electron chi connectivity index (χ3n) is 5.46. The molecule has 1 N–H and O–H groups in total. The molecule has 0 aromatic heterocycles. The summed E-state index contributed by atoms with van der Waals surface area (Å²) in [5, 5.41) is 10.3. The first-order chi connectivity index (χ1) is 12.9. The maximum absolute atomic E-state index is 13.3. The molecule has 27 heavy (non-hydrogen) atoms. The minimum atomic E-state index is -3.66. The zero-order valence-electron chi connectivity index (χ0n) is 16.1. The van der Waals surface area contributed by atoms with Crippen LogP contribution in [-0.4, -0.2) is 37.2 Å². The van der Waals surface area contributed by atoms with Crippen molar-refractivity contribution in [2.45, 2.75) is 54.4 Å². The van der Waals surface area contributed by atoms with Gasteiger partial charge in [0.15, 0.2) is 0 Å². The molecule has 2 aromatic carbocycles. The van der Waals surface area contributed by atoms with Crippen LogP contribution < -0.4 is 0 Å². The van der Waals surface area contributed by atoms with Crippen LogP contribution >= 0.6 is 11.8 Å². The molecule has 0 amide bonds. The van der Waals surface area contributed by atoms with Gasteiger partial charge in [0.1, 0.15) is 5.75 Å². The monoisotopic (exact) mass is 405 g/mol. The lowest BCUT2D eigenvalue weighted by atomic mass is 9.84. The van der Waals surface area contributed by atoms with E-state index >= 15 is 0 Å². The molecule has 2 unspecified atom stereocenters. The fourth-order valence-electron chi connectivity index (χ4n) is 3.86. The van der Waals surface area contributed by atoms with Gasteiger partial charge in [-0.15, -0.1) is 11.8 Å². The Morgan fingerprint density at radius 3 is 2.56 bits per heavy atom. The number of hydrogen-bond acceptors (Lipinski definition) is 4. The van der Waals surface area contributed by atoms with Gasteiger partial charge in [-0.25, -0.2) is 8.42 Å². The third kappa shape index (κ3) is 3.89. The Labute approximate surface area is 166 Å². The Hall–Kier alpha value is -1.50. The number of benzene rings is 2. The lowest BCUT2D eigenvalue weighted by molar-refractivity contribution is 0.322. The van der Waals surface area contributed by atoms with E-state index in [9.17, 15) is 13.5 Å². The molecule has 146 valence electrons. The summed E-state index contributed by atoms with van der Waals surface area (Å²) in [6.07, 6.45) is 5.49. The predicted molar refractivity (Wildman–Crippen MR) is 111 cm³/mol. The van der Waals surface area contributed by atoms with E-state index in [4.69, 9.17) is 0 Å². The van der Waals surface area contributed by atoms with Crippen molar-refractivity contribution in [2.24, 2.45) is 0 Å². The van der Waals surface area contributed by atoms with Gasteiger partial charge in [0.05, 0.1) is 4.90 Å². The first-order valence-electron chi connectivity index (χ1n) is 9.34. The highest BCUT2D eigenvalue weighted by atomic mass is 32.2. The average Bonchev–Trinajstić information content (AvgIpc) is 2.75. The van der Waals surface area contributed by atoms with E-state index in [1.807, 2.05) is 30.5 Å². The van der Waals surface area contributed by atoms with Crippen LogP contribution in [0, 0.1) is 0 Å². The maximum Gasteiger partial charge on any atom is 0.243 e. The molecule has 4 nitrogen and oxygen atoms in total. The highest BCUT2D eigenvalue weighted by molar-refractivity contribution is 7.98. The van der Waals surface area contributed by atoms with Crippen LogP contribution in [0.5, 0.6) is 5.75 Å². The van der Waals surface area contributed by atoms with E-state index < -0.39 is 10.0 Å². The average molecular weight is 406 g/mol. The zero-order chi connectivity index (χ0) is 19.6. The molecular formula is C21H27NO3S2. The number of fused-ring (bicyclic) bond motifs is 1. The molecule has 0 radical (unpaired) electrons. The maximum atomic E-state index is 13.3. The number of phenolic OH excluding ortho intramolecular Hbond substituents is 1. The number of rotatable bonds is 5. The molecule has 1 aliphatic heterocycles. The second-order valence-corrected chi connectivity index (χ2v) is 9.89. The minimum Gasteiger partial charge on any atom is -0.507 e. The molecule has 0 bridgehead atoms. The molecule has 3 rings (SSSR count). The molecule has 6 heteroatoms. The Morgan fingerprint density at radius 2 is 1.93 bits per heavy atom. The van der Waals surface area contributed by atoms with Gasteiger partial charge in [-0.1, -0.05) is 50.1 Å². The molecular weight excluding hydrogens is 378 g/mol. The van der Waals surface area contributed by atoms with Gasteiger partial charge >= 0.3 is 0 Å². The van der Waals surface area contributed by atoms with Gasteiger partial charge in [-0.3, -0.25) is 0 Å². The summed E-state index contributed by atoms with van der Waals surface area (Å²) < 4.78 is 28.2. The Kier molecular flexibility index (Phi) is 6.18. The topological polar surface area (TPSA) is 57.6 Å². The Bertz CT molecular complexity index is 897. The summed E-state index contributed by atoms with van der Waals surface area (Å²) in [7, 11) is -1.99. The van der Waals surface area contributed by atoms with Gasteiger partial charge in [0.25, 0.3) is 0 Å². The molecule has 2 aromatic rings. The van der Waals surface area contributed by atoms with E-state index in [-0.39, 0.29) is 22.6 Å². The number of aromatic hydroxyl groups is 1. The molecule has 0 spiro atoms. The first-order valence-corrected chi connectivity index (χ1v) is 12.0. The summed E-state index contributed by atoms with van der Waals surface area (Å²) in [6, 6.07) is 13.3. The lowest BCUT2D eigenvalue weighted by Gasteiger charge is -2.26. The van der Waals surface area contributed by atoms with Crippen molar-refractivity contribution in [3.63, 3.8) is 0 Å². The minimum absolute atomic E-state index is 0.0192. The van der Waals surface area contributed by atoms with E-state index in [0.29, 0.717) is 4.90 Å². The van der Waals surface area contributed by atoms with Crippen LogP contribution in [0.4, 0.5) is 0 Å². The molecule has 2 atom stereocenters. The molecule has 0 aliphatic carbocycles. The summed E-state index contributed by atoms with van der Waals surface area (Å²) in [6.45, 7) is 2.12. The second-order valence-electron chi connectivity index (χ2n) is 7.08. The summed E-state index contributed by atoms with van der Waals surface area (Å²) >= 11 is 1.43. The van der Waals surface area contributed by atoms with Crippen LogP contribution in [0.1, 0.15) is 49.7 Å². The number of phenols is 1. The summed E-state index contributed by atoms with van der Waals surface area (Å²) in [4.78, 5) is 0.938. The lowest BCUT2D eigenvalue weighted by Crippen LogP contribution is -2.36. The zero-order valence-corrected chi connectivity index (χ0v) is 17.7. The van der Waals surface area contributed by atoms with Gasteiger partial charge in [-0.2, -0.15) is 4.31 Å². The Morgan fingerprint density at radius 1 is 1.22 bits per heavy atom. The molecule has 0 saturated carbocycles. The number of sulfonamides is 1. The van der Waals surface area contributed by atoms with Crippen LogP contribution in [0.3, 0.4) is 0 Å². The Balaban J connectivity index is 2.23. The van der Waals surface area contributed by atoms with E-state index in [1.54, 1.807) is 7.05 Å². The van der Waals surface area contributed by atoms with Crippen molar-refractivity contribution in [1.29, 1.82) is 0 Å². The van der Waals surface area contributed by atoms with Crippen LogP contribution in [0.2, 0.25) is 0 Å². The van der Waals surface area contributed by atoms with Crippen molar-refractivity contribution in [2.75, 3.05) is 13.3 Å². The van der Waals surface area contributed by atoms with Gasteiger partial charge < -0.3 is 5.11 Å². The molecule has 0 fully saturated rings. The first kappa shape index (κ1) is 20.2. The SMILES string of the molecule is CCCCC1CC(c2ccccc2)c2cc(SC)c(O)cc2S(=O)(=O)N1C.